The highest BCUT2D eigenvalue weighted by Crippen LogP contribution is 2.26. The molecule has 0 saturated heterocycles. The van der Waals surface area contributed by atoms with Crippen molar-refractivity contribution in [2.24, 2.45) is 0 Å². The molecule has 0 saturated carbocycles. The summed E-state index contributed by atoms with van der Waals surface area (Å²) in [5.74, 6) is 0.253. The van der Waals surface area contributed by atoms with Crippen LogP contribution in [-0.4, -0.2) is 15.1 Å². The van der Waals surface area contributed by atoms with E-state index in [1.165, 1.54) is 0 Å². The minimum atomic E-state index is 0.253. The molecule has 0 unspecified atom stereocenters. The van der Waals surface area contributed by atoms with Gasteiger partial charge < -0.3 is 10.4 Å². The molecule has 0 aliphatic carbocycles. The largest absolute Gasteiger partial charge is 0.508 e. The first kappa shape index (κ1) is 12.4. The topological polar surface area (TPSA) is 58.0 Å². The zero-order chi connectivity index (χ0) is 14.1. The molecular weight excluding hydrogens is 250 g/mol. The lowest BCUT2D eigenvalue weighted by Gasteiger charge is -2.11. The molecule has 3 rings (SSSR count). The Kier molecular flexibility index (Phi) is 2.99. The van der Waals surface area contributed by atoms with Gasteiger partial charge in [-0.15, -0.1) is 0 Å². The molecule has 0 aliphatic rings. The van der Waals surface area contributed by atoms with Crippen molar-refractivity contribution in [3.63, 3.8) is 0 Å². The number of nitrogens with zero attached hydrogens (tertiary/aromatic N) is 2. The number of benzene rings is 1. The smallest absolute Gasteiger partial charge is 0.161 e. The summed E-state index contributed by atoms with van der Waals surface area (Å²) < 4.78 is 0. The Labute approximate surface area is 117 Å². The molecule has 2 N–H and O–H groups in total. The number of hydrogen-bond acceptors (Lipinski definition) is 4. The van der Waals surface area contributed by atoms with E-state index in [9.17, 15) is 5.11 Å². The zero-order valence-corrected chi connectivity index (χ0v) is 11.4. The van der Waals surface area contributed by atoms with E-state index in [1.54, 1.807) is 12.1 Å². The van der Waals surface area contributed by atoms with Gasteiger partial charge in [0, 0.05) is 22.5 Å². The van der Waals surface area contributed by atoms with Crippen LogP contribution in [0.4, 0.5) is 11.4 Å². The number of aromatic hydroxyl groups is 1. The minimum absolute atomic E-state index is 0.253. The number of phenolic OH excluding ortho intramolecular Hbond substituents is 1. The molecule has 4 nitrogen and oxygen atoms in total. The van der Waals surface area contributed by atoms with Crippen molar-refractivity contribution in [1.29, 1.82) is 0 Å². The highest BCUT2D eigenvalue weighted by atomic mass is 16.3. The van der Waals surface area contributed by atoms with Crippen LogP contribution in [0.15, 0.2) is 42.5 Å². The summed E-state index contributed by atoms with van der Waals surface area (Å²) >= 11 is 0. The normalized spacial score (nSPS) is 10.7. The van der Waals surface area contributed by atoms with E-state index < -0.39 is 0 Å². The second kappa shape index (κ2) is 4.81. The van der Waals surface area contributed by atoms with Crippen LogP contribution in [0.3, 0.4) is 0 Å². The quantitative estimate of drug-likeness (QED) is 0.694. The average Bonchev–Trinajstić information content (AvgIpc) is 2.40. The molecule has 0 radical (unpaired) electrons. The minimum Gasteiger partial charge on any atom is -0.508 e. The van der Waals surface area contributed by atoms with Gasteiger partial charge in [-0.25, -0.2) is 9.97 Å². The van der Waals surface area contributed by atoms with Gasteiger partial charge >= 0.3 is 0 Å². The fourth-order valence-corrected chi connectivity index (χ4v) is 2.13. The van der Waals surface area contributed by atoms with E-state index in [2.05, 4.69) is 15.3 Å². The van der Waals surface area contributed by atoms with Crippen LogP contribution in [0, 0.1) is 13.8 Å². The number of aryl methyl sites for hydroxylation is 2. The SMILES string of the molecule is Cc1ccc2c(Nc3ccc(O)cc3)cc(C)nc2n1. The lowest BCUT2D eigenvalue weighted by Crippen LogP contribution is -1.96. The van der Waals surface area contributed by atoms with Crippen LogP contribution in [0.25, 0.3) is 11.0 Å². The van der Waals surface area contributed by atoms with Crippen LogP contribution >= 0.6 is 0 Å². The molecule has 2 heterocycles. The molecule has 0 fully saturated rings. The van der Waals surface area contributed by atoms with Crippen molar-refractivity contribution >= 4 is 22.4 Å². The summed E-state index contributed by atoms with van der Waals surface area (Å²) in [6, 6.07) is 13.0. The van der Waals surface area contributed by atoms with Crippen molar-refractivity contribution < 1.29 is 5.11 Å². The summed E-state index contributed by atoms with van der Waals surface area (Å²) in [5.41, 5.74) is 4.48. The number of nitrogens with one attached hydrogen (secondary N) is 1. The van der Waals surface area contributed by atoms with Crippen LogP contribution in [0.1, 0.15) is 11.4 Å². The number of aromatic nitrogens is 2. The molecule has 4 heteroatoms. The number of phenols is 1. The predicted octanol–water partition coefficient (Wildman–Crippen LogP) is 3.70. The maximum absolute atomic E-state index is 9.32. The first-order valence-corrected chi connectivity index (χ1v) is 6.43. The van der Waals surface area contributed by atoms with E-state index in [0.29, 0.717) is 0 Å². The summed E-state index contributed by atoms with van der Waals surface area (Å²) in [7, 11) is 0. The van der Waals surface area contributed by atoms with Gasteiger partial charge in [-0.2, -0.15) is 0 Å². The van der Waals surface area contributed by atoms with Crippen molar-refractivity contribution in [2.75, 3.05) is 5.32 Å². The Morgan fingerprint density at radius 1 is 0.900 bits per heavy atom. The van der Waals surface area contributed by atoms with Gasteiger partial charge in [0.05, 0.1) is 5.69 Å². The number of fused-ring (bicyclic) bond motifs is 1. The van der Waals surface area contributed by atoms with Gasteiger partial charge in [-0.05, 0) is 56.3 Å². The maximum atomic E-state index is 9.32. The number of anilines is 2. The standard InChI is InChI=1S/C16H15N3O/c1-10-3-8-14-15(9-11(2)18-16(14)17-10)19-12-4-6-13(20)7-5-12/h3-9,20H,1-2H3,(H,17,18,19). The third kappa shape index (κ3) is 2.40. The van der Waals surface area contributed by atoms with Crippen molar-refractivity contribution in [3.8, 4) is 5.75 Å². The van der Waals surface area contributed by atoms with E-state index in [0.717, 1.165) is 33.8 Å². The summed E-state index contributed by atoms with van der Waals surface area (Å²) in [4.78, 5) is 8.92. The fourth-order valence-electron chi connectivity index (χ4n) is 2.13. The molecule has 1 aromatic carbocycles. The number of hydrogen-bond donors (Lipinski definition) is 2. The fraction of sp³-hybridized carbons (Fsp3) is 0.125. The Balaban J connectivity index is 2.08. The van der Waals surface area contributed by atoms with Crippen LogP contribution in [-0.2, 0) is 0 Å². The van der Waals surface area contributed by atoms with Crippen LogP contribution < -0.4 is 5.32 Å². The van der Waals surface area contributed by atoms with Crippen LogP contribution in [0.5, 0.6) is 5.75 Å². The monoisotopic (exact) mass is 265 g/mol. The molecule has 0 aliphatic heterocycles. The molecule has 0 bridgehead atoms. The van der Waals surface area contributed by atoms with Crippen molar-refractivity contribution in [1.82, 2.24) is 9.97 Å². The highest BCUT2D eigenvalue weighted by Gasteiger charge is 2.06. The summed E-state index contributed by atoms with van der Waals surface area (Å²) in [5, 5.41) is 13.6. The predicted molar refractivity (Wildman–Crippen MR) is 80.4 cm³/mol. The molecule has 3 aromatic rings. The van der Waals surface area contributed by atoms with E-state index in [1.807, 2.05) is 44.2 Å². The van der Waals surface area contributed by atoms with Crippen LogP contribution in [0.2, 0.25) is 0 Å². The van der Waals surface area contributed by atoms with Crippen molar-refractivity contribution in [2.45, 2.75) is 13.8 Å². The lowest BCUT2D eigenvalue weighted by atomic mass is 10.2. The Morgan fingerprint density at radius 3 is 2.35 bits per heavy atom. The molecule has 0 spiro atoms. The Hall–Kier alpha value is -2.62. The Bertz CT molecular complexity index is 761. The van der Waals surface area contributed by atoms with Gasteiger partial charge in [-0.1, -0.05) is 0 Å². The third-order valence-electron chi connectivity index (χ3n) is 3.09. The molecule has 0 atom stereocenters. The number of rotatable bonds is 2. The molecule has 100 valence electrons. The number of pyridine rings is 2. The summed E-state index contributed by atoms with van der Waals surface area (Å²) in [6.45, 7) is 3.90. The molecule has 20 heavy (non-hydrogen) atoms. The van der Waals surface area contributed by atoms with Gasteiger partial charge in [0.1, 0.15) is 5.75 Å². The van der Waals surface area contributed by atoms with Gasteiger partial charge in [0.2, 0.25) is 0 Å². The average molecular weight is 265 g/mol. The van der Waals surface area contributed by atoms with E-state index in [-0.39, 0.29) is 5.75 Å². The van der Waals surface area contributed by atoms with Gasteiger partial charge in [-0.3, -0.25) is 0 Å². The molecule has 0 amide bonds. The zero-order valence-electron chi connectivity index (χ0n) is 11.4. The summed E-state index contributed by atoms with van der Waals surface area (Å²) in [6.07, 6.45) is 0. The first-order valence-electron chi connectivity index (χ1n) is 6.43. The molecule has 2 aromatic heterocycles. The van der Waals surface area contributed by atoms with E-state index >= 15 is 0 Å². The molecular formula is C16H15N3O. The first-order chi connectivity index (χ1) is 9.61. The second-order valence-electron chi connectivity index (χ2n) is 4.81. The lowest BCUT2D eigenvalue weighted by molar-refractivity contribution is 0.475. The van der Waals surface area contributed by atoms with Gasteiger partial charge in [0.15, 0.2) is 5.65 Å². The van der Waals surface area contributed by atoms with E-state index in [4.69, 9.17) is 0 Å². The highest BCUT2D eigenvalue weighted by molar-refractivity contribution is 5.91. The third-order valence-corrected chi connectivity index (χ3v) is 3.09. The Morgan fingerprint density at radius 2 is 1.60 bits per heavy atom. The van der Waals surface area contributed by atoms with Crippen molar-refractivity contribution in [3.05, 3.63) is 53.9 Å². The maximum Gasteiger partial charge on any atom is 0.161 e. The second-order valence-corrected chi connectivity index (χ2v) is 4.81. The van der Waals surface area contributed by atoms with Gasteiger partial charge in [0.25, 0.3) is 0 Å².